The Morgan fingerprint density at radius 1 is 1.19 bits per heavy atom. The van der Waals surface area contributed by atoms with E-state index in [1.165, 1.54) is 45.5 Å². The van der Waals surface area contributed by atoms with Gasteiger partial charge in [0.1, 0.15) is 0 Å². The maximum atomic E-state index is 12.8. The minimum Gasteiger partial charge on any atom is -0.312 e. The average molecular weight is 472 g/mol. The summed E-state index contributed by atoms with van der Waals surface area (Å²) in [6, 6.07) is 12.2. The van der Waals surface area contributed by atoms with E-state index in [1.54, 1.807) is 13.1 Å². The first-order valence-electron chi connectivity index (χ1n) is 10.7. The fourth-order valence-electron chi connectivity index (χ4n) is 3.33. The summed E-state index contributed by atoms with van der Waals surface area (Å²) in [5, 5.41) is 0. The fraction of sp³-hybridized carbons (Fsp3) is 0.333. The van der Waals surface area contributed by atoms with Gasteiger partial charge in [0.05, 0.1) is 15.1 Å². The number of amides is 1. The van der Waals surface area contributed by atoms with Crippen molar-refractivity contribution in [3.63, 3.8) is 0 Å². The van der Waals surface area contributed by atoms with Gasteiger partial charge >= 0.3 is 0 Å². The van der Waals surface area contributed by atoms with Crippen LogP contribution in [0, 0.1) is 0 Å². The number of nitrogens with zero attached hydrogens (tertiary/aromatic N) is 3. The third kappa shape index (κ3) is 5.09. The lowest BCUT2D eigenvalue weighted by atomic mass is 10.2. The van der Waals surface area contributed by atoms with E-state index in [4.69, 9.17) is 0 Å². The Labute approximate surface area is 193 Å². The van der Waals surface area contributed by atoms with Crippen LogP contribution in [0.5, 0.6) is 0 Å². The van der Waals surface area contributed by atoms with Crippen LogP contribution in [0.3, 0.4) is 0 Å². The predicted octanol–water partition coefficient (Wildman–Crippen LogP) is 4.61. The van der Waals surface area contributed by atoms with Crippen molar-refractivity contribution in [2.24, 2.45) is 4.99 Å². The first-order valence-corrected chi connectivity index (χ1v) is 13.0. The molecule has 2 aromatic carbocycles. The van der Waals surface area contributed by atoms with Crippen LogP contribution >= 0.6 is 11.3 Å². The number of rotatable bonds is 9. The molecular weight excluding hydrogens is 442 g/mol. The summed E-state index contributed by atoms with van der Waals surface area (Å²) in [4.78, 5) is 18.0. The normalized spacial score (nSPS) is 12.6. The number of thiazole rings is 1. The molecule has 0 saturated carbocycles. The molecule has 0 bridgehead atoms. The van der Waals surface area contributed by atoms with Gasteiger partial charge in [-0.3, -0.25) is 4.79 Å². The molecule has 0 aliphatic heterocycles. The molecule has 1 aromatic heterocycles. The summed E-state index contributed by atoms with van der Waals surface area (Å²) in [5.74, 6) is -0.409. The zero-order chi connectivity index (χ0) is 23.3. The van der Waals surface area contributed by atoms with Gasteiger partial charge in [0, 0.05) is 25.7 Å². The van der Waals surface area contributed by atoms with Crippen molar-refractivity contribution in [2.45, 2.75) is 44.6 Å². The Balaban J connectivity index is 1.94. The Bertz CT molecular complexity index is 1290. The number of benzene rings is 2. The van der Waals surface area contributed by atoms with Crippen molar-refractivity contribution in [1.29, 1.82) is 0 Å². The standard InChI is InChI=1S/C24H29N3O3S2/c1-5-8-16-26(4)32(29,30)20-12-10-19(11-13-20)23(28)25-24-27(15-6-2)21-14-9-18(7-3)17-22(21)31-24/h6,9-14,17H,2,5,7-8,15-16H2,1,3-4H3. The minimum atomic E-state index is -3.57. The van der Waals surface area contributed by atoms with Crippen LogP contribution in [0.15, 0.2) is 65.0 Å². The minimum absolute atomic E-state index is 0.170. The number of carbonyl (C=O) groups is 1. The number of aryl methyl sites for hydroxylation is 1. The van der Waals surface area contributed by atoms with Crippen LogP contribution in [0.2, 0.25) is 0 Å². The molecular formula is C24H29N3O3S2. The molecule has 0 aliphatic rings. The smallest absolute Gasteiger partial charge is 0.279 e. The first kappa shape index (κ1) is 24.1. The number of hydrogen-bond acceptors (Lipinski definition) is 4. The molecule has 0 atom stereocenters. The van der Waals surface area contributed by atoms with Crippen molar-refractivity contribution in [1.82, 2.24) is 8.87 Å². The van der Waals surface area contributed by atoms with Crippen LogP contribution in [0.4, 0.5) is 0 Å². The number of sulfonamides is 1. The molecule has 32 heavy (non-hydrogen) atoms. The van der Waals surface area contributed by atoms with Crippen molar-refractivity contribution in [3.05, 3.63) is 71.0 Å². The van der Waals surface area contributed by atoms with Crippen LogP contribution in [-0.2, 0) is 23.0 Å². The molecule has 8 heteroatoms. The van der Waals surface area contributed by atoms with Crippen LogP contribution in [-0.4, -0.2) is 36.8 Å². The zero-order valence-corrected chi connectivity index (χ0v) is 20.4. The van der Waals surface area contributed by atoms with Gasteiger partial charge in [0.25, 0.3) is 5.91 Å². The quantitative estimate of drug-likeness (QED) is 0.428. The lowest BCUT2D eigenvalue weighted by Crippen LogP contribution is -2.27. The fourth-order valence-corrected chi connectivity index (χ4v) is 5.64. The van der Waals surface area contributed by atoms with Gasteiger partial charge in [-0.2, -0.15) is 4.99 Å². The number of fused-ring (bicyclic) bond motifs is 1. The third-order valence-corrected chi connectivity index (χ3v) is 8.21. The van der Waals surface area contributed by atoms with E-state index in [0.29, 0.717) is 23.5 Å². The zero-order valence-electron chi connectivity index (χ0n) is 18.7. The molecule has 0 aliphatic carbocycles. The molecule has 6 nitrogen and oxygen atoms in total. The van der Waals surface area contributed by atoms with Crippen molar-refractivity contribution >= 4 is 37.5 Å². The first-order chi connectivity index (χ1) is 15.3. The highest BCUT2D eigenvalue weighted by Crippen LogP contribution is 2.20. The topological polar surface area (TPSA) is 71.7 Å². The number of allylic oxidation sites excluding steroid dienone is 1. The molecule has 170 valence electrons. The molecule has 0 radical (unpaired) electrons. The van der Waals surface area contributed by atoms with E-state index < -0.39 is 15.9 Å². The van der Waals surface area contributed by atoms with E-state index >= 15 is 0 Å². The summed E-state index contributed by atoms with van der Waals surface area (Å²) in [6.45, 7) is 8.94. The Kier molecular flexibility index (Phi) is 7.82. The van der Waals surface area contributed by atoms with Gasteiger partial charge in [-0.25, -0.2) is 12.7 Å². The van der Waals surface area contributed by atoms with E-state index in [0.717, 1.165) is 29.5 Å². The van der Waals surface area contributed by atoms with E-state index in [1.807, 2.05) is 17.6 Å². The Morgan fingerprint density at radius 3 is 2.53 bits per heavy atom. The third-order valence-electron chi connectivity index (χ3n) is 5.30. The van der Waals surface area contributed by atoms with Gasteiger partial charge in [-0.15, -0.1) is 6.58 Å². The molecule has 0 N–H and O–H groups in total. The maximum absolute atomic E-state index is 12.8. The van der Waals surface area contributed by atoms with Gasteiger partial charge in [0.2, 0.25) is 10.0 Å². The van der Waals surface area contributed by atoms with Gasteiger partial charge in [-0.1, -0.05) is 43.7 Å². The summed E-state index contributed by atoms with van der Waals surface area (Å²) in [6.07, 6.45) is 4.42. The molecule has 1 heterocycles. The Hall–Kier alpha value is -2.55. The van der Waals surface area contributed by atoms with Crippen molar-refractivity contribution in [3.8, 4) is 0 Å². The number of carbonyl (C=O) groups excluding carboxylic acids is 1. The molecule has 3 rings (SSSR count). The lowest BCUT2D eigenvalue weighted by Gasteiger charge is -2.16. The van der Waals surface area contributed by atoms with Crippen molar-refractivity contribution < 1.29 is 13.2 Å². The van der Waals surface area contributed by atoms with Gasteiger partial charge < -0.3 is 4.57 Å². The highest BCUT2D eigenvalue weighted by atomic mass is 32.2. The maximum Gasteiger partial charge on any atom is 0.279 e. The number of aromatic nitrogens is 1. The second-order valence-electron chi connectivity index (χ2n) is 7.56. The van der Waals surface area contributed by atoms with E-state index in [9.17, 15) is 13.2 Å². The number of hydrogen-bond donors (Lipinski definition) is 0. The summed E-state index contributed by atoms with van der Waals surface area (Å²) in [5.41, 5.74) is 2.58. The SMILES string of the molecule is C=CCn1c(=NC(=O)c2ccc(S(=O)(=O)N(C)CCCC)cc2)sc2cc(CC)ccc21. The molecule has 0 unspecified atom stereocenters. The van der Waals surface area contributed by atoms with Crippen LogP contribution < -0.4 is 4.80 Å². The molecule has 0 fully saturated rings. The average Bonchev–Trinajstić information content (AvgIpc) is 3.13. The largest absolute Gasteiger partial charge is 0.312 e. The van der Waals surface area contributed by atoms with E-state index in [2.05, 4.69) is 30.6 Å². The molecule has 1 amide bonds. The van der Waals surface area contributed by atoms with Gasteiger partial charge in [0.15, 0.2) is 4.80 Å². The molecule has 0 spiro atoms. The summed E-state index contributed by atoms with van der Waals surface area (Å²) >= 11 is 1.46. The summed E-state index contributed by atoms with van der Waals surface area (Å²) < 4.78 is 29.7. The number of unbranched alkanes of at least 4 members (excludes halogenated alkanes) is 1. The molecule has 0 saturated heterocycles. The lowest BCUT2D eigenvalue weighted by molar-refractivity contribution is 0.0998. The second-order valence-corrected chi connectivity index (χ2v) is 10.6. The van der Waals surface area contributed by atoms with Crippen LogP contribution in [0.25, 0.3) is 10.2 Å². The highest BCUT2D eigenvalue weighted by Gasteiger charge is 2.20. The Morgan fingerprint density at radius 2 is 1.91 bits per heavy atom. The van der Waals surface area contributed by atoms with Crippen LogP contribution in [0.1, 0.15) is 42.6 Å². The second kappa shape index (κ2) is 10.4. The molecule has 3 aromatic rings. The van der Waals surface area contributed by atoms with Gasteiger partial charge in [-0.05, 0) is 54.8 Å². The predicted molar refractivity (Wildman–Crippen MR) is 130 cm³/mol. The summed E-state index contributed by atoms with van der Waals surface area (Å²) in [7, 11) is -2.00. The van der Waals surface area contributed by atoms with Crippen molar-refractivity contribution in [2.75, 3.05) is 13.6 Å². The monoisotopic (exact) mass is 471 g/mol. The van der Waals surface area contributed by atoms with E-state index in [-0.39, 0.29) is 4.90 Å². The highest BCUT2D eigenvalue weighted by molar-refractivity contribution is 7.89.